The summed E-state index contributed by atoms with van der Waals surface area (Å²) in [5.41, 5.74) is 3.44. The van der Waals surface area contributed by atoms with Gasteiger partial charge in [-0.1, -0.05) is 6.07 Å². The summed E-state index contributed by atoms with van der Waals surface area (Å²) in [6, 6.07) is 5.81. The third kappa shape index (κ3) is 3.65. The van der Waals surface area contributed by atoms with Gasteiger partial charge < -0.3 is 15.5 Å². The lowest BCUT2D eigenvalue weighted by Crippen LogP contribution is -2.39. The number of ether oxygens (including phenoxy) is 1. The fraction of sp³-hybridized carbons (Fsp3) is 0.222. The monoisotopic (exact) mass is 289 g/mol. The van der Waals surface area contributed by atoms with Gasteiger partial charge in [-0.2, -0.15) is 0 Å². The first-order valence-electron chi connectivity index (χ1n) is 4.24. The number of hydrogen-bond acceptors (Lipinski definition) is 3. The summed E-state index contributed by atoms with van der Waals surface area (Å²) in [6.07, 6.45) is 0. The lowest BCUT2D eigenvalue weighted by Gasteiger charge is -2.08. The molecule has 0 saturated carbocycles. The van der Waals surface area contributed by atoms with Crippen LogP contribution in [0.25, 0.3) is 0 Å². The van der Waals surface area contributed by atoms with E-state index in [1.54, 1.807) is 7.11 Å². The first kappa shape index (κ1) is 12.2. The molecule has 0 aliphatic heterocycles. The lowest BCUT2D eigenvalue weighted by atomic mass is 10.2. The van der Waals surface area contributed by atoms with Gasteiger partial charge in [0.1, 0.15) is 5.75 Å². The van der Waals surface area contributed by atoms with E-state index in [0.29, 0.717) is 11.7 Å². The fourth-order valence-corrected chi connectivity index (χ4v) is 1.71. The molecule has 0 heterocycles. The molecule has 4 nitrogen and oxygen atoms in total. The molecule has 82 valence electrons. The summed E-state index contributed by atoms with van der Waals surface area (Å²) in [7, 11) is 1.63. The minimum Gasteiger partial charge on any atom is -0.496 e. The topological polar surface area (TPSA) is 59.3 Å². The first-order chi connectivity index (χ1) is 7.17. The van der Waals surface area contributed by atoms with Crippen LogP contribution in [0, 0.1) is 0 Å². The van der Waals surface area contributed by atoms with Crippen LogP contribution in [0.1, 0.15) is 5.56 Å². The number of nitrogens with two attached hydrogens (primary N) is 1. The Hall–Kier alpha value is -0.850. The van der Waals surface area contributed by atoms with E-state index in [1.807, 2.05) is 18.2 Å². The molecule has 0 atom stereocenters. The van der Waals surface area contributed by atoms with Gasteiger partial charge in [0.25, 0.3) is 0 Å². The highest BCUT2D eigenvalue weighted by atomic mass is 79.9. The standard InChI is InChI=1S/C9H12BrN3OS/c1-14-8-3-2-6(4-7(8)10)5-12-9(15)13-11/h2-4H,5,11H2,1H3,(H2,12,13,15). The summed E-state index contributed by atoms with van der Waals surface area (Å²) in [4.78, 5) is 0. The predicted molar refractivity (Wildman–Crippen MR) is 67.5 cm³/mol. The molecule has 0 radical (unpaired) electrons. The quantitative estimate of drug-likeness (QED) is 0.445. The molecule has 1 aromatic rings. The molecule has 0 aliphatic rings. The molecule has 0 saturated heterocycles. The molecular weight excluding hydrogens is 278 g/mol. The molecule has 0 aliphatic carbocycles. The van der Waals surface area contributed by atoms with E-state index in [4.69, 9.17) is 22.8 Å². The van der Waals surface area contributed by atoms with Crippen molar-refractivity contribution >= 4 is 33.3 Å². The van der Waals surface area contributed by atoms with Gasteiger partial charge in [-0.25, -0.2) is 5.84 Å². The van der Waals surface area contributed by atoms with Crippen LogP contribution in [-0.4, -0.2) is 12.2 Å². The number of hydrogen-bond donors (Lipinski definition) is 3. The summed E-state index contributed by atoms with van der Waals surface area (Å²) in [5, 5.41) is 3.37. The Kier molecular flexibility index (Phi) is 4.80. The Balaban J connectivity index is 2.63. The molecule has 4 N–H and O–H groups in total. The maximum absolute atomic E-state index is 5.13. The molecule has 0 bridgehead atoms. The van der Waals surface area contributed by atoms with Gasteiger partial charge in [0.2, 0.25) is 0 Å². The highest BCUT2D eigenvalue weighted by Crippen LogP contribution is 2.25. The van der Waals surface area contributed by atoms with E-state index in [1.165, 1.54) is 0 Å². The minimum atomic E-state index is 0.418. The second-order valence-electron chi connectivity index (χ2n) is 2.80. The number of methoxy groups -OCH3 is 1. The molecule has 0 aromatic heterocycles. The summed E-state index contributed by atoms with van der Waals surface area (Å²) < 4.78 is 6.03. The highest BCUT2D eigenvalue weighted by molar-refractivity contribution is 9.10. The van der Waals surface area contributed by atoms with Crippen molar-refractivity contribution < 1.29 is 4.74 Å². The van der Waals surface area contributed by atoms with Crippen molar-refractivity contribution in [3.8, 4) is 5.75 Å². The zero-order chi connectivity index (χ0) is 11.3. The zero-order valence-corrected chi connectivity index (χ0v) is 10.6. The Labute approximate surface area is 102 Å². The van der Waals surface area contributed by atoms with Gasteiger partial charge in [-0.3, -0.25) is 0 Å². The Morgan fingerprint density at radius 1 is 1.60 bits per heavy atom. The number of halogens is 1. The SMILES string of the molecule is COc1ccc(CNC(=S)NN)cc1Br. The van der Waals surface area contributed by atoms with E-state index >= 15 is 0 Å². The molecule has 0 fully saturated rings. The molecule has 1 aromatic carbocycles. The van der Waals surface area contributed by atoms with Crippen molar-refractivity contribution in [1.29, 1.82) is 0 Å². The van der Waals surface area contributed by atoms with Crippen molar-refractivity contribution in [3.63, 3.8) is 0 Å². The second-order valence-corrected chi connectivity index (χ2v) is 4.06. The predicted octanol–water partition coefficient (Wildman–Crippen LogP) is 1.30. The minimum absolute atomic E-state index is 0.418. The van der Waals surface area contributed by atoms with E-state index in [0.717, 1.165) is 15.8 Å². The van der Waals surface area contributed by atoms with Crippen LogP contribution < -0.4 is 21.3 Å². The van der Waals surface area contributed by atoms with Gasteiger partial charge in [-0.15, -0.1) is 0 Å². The molecule has 15 heavy (non-hydrogen) atoms. The van der Waals surface area contributed by atoms with Crippen LogP contribution >= 0.6 is 28.1 Å². The zero-order valence-electron chi connectivity index (χ0n) is 8.21. The molecule has 6 heteroatoms. The third-order valence-corrected chi connectivity index (χ3v) is 2.68. The normalized spacial score (nSPS) is 9.53. The number of hydrazine groups is 1. The van der Waals surface area contributed by atoms with Crippen molar-refractivity contribution in [2.45, 2.75) is 6.54 Å². The highest BCUT2D eigenvalue weighted by Gasteiger charge is 2.01. The van der Waals surface area contributed by atoms with Crippen molar-refractivity contribution in [2.75, 3.05) is 7.11 Å². The van der Waals surface area contributed by atoms with Crippen LogP contribution in [0.4, 0.5) is 0 Å². The number of benzene rings is 1. The molecule has 0 amide bonds. The van der Waals surface area contributed by atoms with Gasteiger partial charge in [0.05, 0.1) is 11.6 Å². The molecule has 0 spiro atoms. The second kappa shape index (κ2) is 5.89. The first-order valence-corrected chi connectivity index (χ1v) is 5.44. The van der Waals surface area contributed by atoms with Gasteiger partial charge in [0, 0.05) is 6.54 Å². The smallest absolute Gasteiger partial charge is 0.180 e. The van der Waals surface area contributed by atoms with Crippen molar-refractivity contribution in [2.24, 2.45) is 5.84 Å². The number of thiocarbonyl (C=S) groups is 1. The van der Waals surface area contributed by atoms with Gasteiger partial charge in [0.15, 0.2) is 5.11 Å². The lowest BCUT2D eigenvalue weighted by molar-refractivity contribution is 0.412. The van der Waals surface area contributed by atoms with Crippen LogP contribution in [-0.2, 0) is 6.54 Å². The van der Waals surface area contributed by atoms with Crippen molar-refractivity contribution in [3.05, 3.63) is 28.2 Å². The van der Waals surface area contributed by atoms with Gasteiger partial charge in [-0.05, 0) is 45.8 Å². The summed E-state index contributed by atoms with van der Waals surface area (Å²) in [6.45, 7) is 0.617. The number of rotatable bonds is 3. The average molecular weight is 290 g/mol. The summed E-state index contributed by atoms with van der Waals surface area (Å²) in [5.74, 6) is 5.93. The number of nitrogens with one attached hydrogen (secondary N) is 2. The third-order valence-electron chi connectivity index (χ3n) is 1.80. The fourth-order valence-electron chi connectivity index (χ4n) is 1.05. The van der Waals surface area contributed by atoms with Crippen LogP contribution in [0.2, 0.25) is 0 Å². The van der Waals surface area contributed by atoms with Crippen molar-refractivity contribution in [1.82, 2.24) is 10.7 Å². The average Bonchev–Trinajstić information content (AvgIpc) is 2.26. The Bertz CT molecular complexity index is 359. The van der Waals surface area contributed by atoms with Crippen LogP contribution in [0.3, 0.4) is 0 Å². The van der Waals surface area contributed by atoms with E-state index in [9.17, 15) is 0 Å². The largest absolute Gasteiger partial charge is 0.496 e. The maximum atomic E-state index is 5.13. The molecule has 1 rings (SSSR count). The van der Waals surface area contributed by atoms with Crippen LogP contribution in [0.15, 0.2) is 22.7 Å². The van der Waals surface area contributed by atoms with E-state index in [2.05, 4.69) is 26.7 Å². The summed E-state index contributed by atoms with van der Waals surface area (Å²) >= 11 is 8.26. The van der Waals surface area contributed by atoms with E-state index in [-0.39, 0.29) is 0 Å². The van der Waals surface area contributed by atoms with Crippen LogP contribution in [0.5, 0.6) is 5.75 Å². The Morgan fingerprint density at radius 2 is 2.33 bits per heavy atom. The maximum Gasteiger partial charge on any atom is 0.180 e. The molecular formula is C9H12BrN3OS. The Morgan fingerprint density at radius 3 is 2.87 bits per heavy atom. The molecule has 0 unspecified atom stereocenters. The van der Waals surface area contributed by atoms with E-state index < -0.39 is 0 Å². The van der Waals surface area contributed by atoms with Gasteiger partial charge >= 0.3 is 0 Å².